The number of benzene rings is 1. The number of likely N-dealkylation sites (N-methyl/N-ethyl adjacent to an activating group) is 1. The summed E-state index contributed by atoms with van der Waals surface area (Å²) in [6.07, 6.45) is 6.63. The summed E-state index contributed by atoms with van der Waals surface area (Å²) < 4.78 is 0. The van der Waals surface area contributed by atoms with E-state index >= 15 is 0 Å². The van der Waals surface area contributed by atoms with Crippen LogP contribution in [0.4, 0.5) is 0 Å². The molecule has 1 aromatic carbocycles. The minimum absolute atomic E-state index is 0.258. The van der Waals surface area contributed by atoms with Gasteiger partial charge >= 0.3 is 0 Å². The van der Waals surface area contributed by atoms with Crippen LogP contribution >= 0.6 is 0 Å². The fraction of sp³-hybridized carbons (Fsp3) is 0.650. The Balaban J connectivity index is 1.54. The number of aliphatic hydroxyl groups is 1. The Morgan fingerprint density at radius 2 is 1.67 bits per heavy atom. The molecule has 0 aromatic heterocycles. The number of carbonyl (C=O) groups is 1. The summed E-state index contributed by atoms with van der Waals surface area (Å²) >= 11 is 0. The van der Waals surface area contributed by atoms with Gasteiger partial charge in [0.05, 0.1) is 6.54 Å². The van der Waals surface area contributed by atoms with Gasteiger partial charge in [0.25, 0.3) is 0 Å². The Morgan fingerprint density at radius 3 is 2.25 bits per heavy atom. The molecule has 3 rings (SSSR count). The van der Waals surface area contributed by atoms with E-state index in [0.29, 0.717) is 31.2 Å². The van der Waals surface area contributed by atoms with Crippen LogP contribution in [0.5, 0.6) is 0 Å². The summed E-state index contributed by atoms with van der Waals surface area (Å²) in [5.74, 6) is 0.722. The number of hydrogen-bond donors (Lipinski definition) is 1. The maximum atomic E-state index is 12.8. The lowest BCUT2D eigenvalue weighted by molar-refractivity contribution is -0.134. The van der Waals surface area contributed by atoms with Gasteiger partial charge in [-0.2, -0.15) is 0 Å². The van der Waals surface area contributed by atoms with Gasteiger partial charge in [-0.25, -0.2) is 0 Å². The predicted molar refractivity (Wildman–Crippen MR) is 95.5 cm³/mol. The van der Waals surface area contributed by atoms with Crippen molar-refractivity contribution in [2.45, 2.75) is 57.2 Å². The fourth-order valence-corrected chi connectivity index (χ4v) is 3.79. The molecule has 1 aromatic rings. The molecular weight excluding hydrogens is 300 g/mol. The van der Waals surface area contributed by atoms with Gasteiger partial charge in [0.15, 0.2) is 0 Å². The topological polar surface area (TPSA) is 43.8 Å². The van der Waals surface area contributed by atoms with Crippen LogP contribution in [0, 0.1) is 5.92 Å². The van der Waals surface area contributed by atoms with Crippen molar-refractivity contribution in [1.82, 2.24) is 9.80 Å². The first-order valence-corrected chi connectivity index (χ1v) is 9.32. The monoisotopic (exact) mass is 330 g/mol. The second-order valence-electron chi connectivity index (χ2n) is 7.51. The van der Waals surface area contributed by atoms with Crippen LogP contribution in [0.2, 0.25) is 0 Å². The highest BCUT2D eigenvalue weighted by Gasteiger charge is 2.33. The van der Waals surface area contributed by atoms with Crippen LogP contribution in [0.25, 0.3) is 0 Å². The molecular formula is C20H30N2O2. The number of aliphatic hydroxyl groups excluding tert-OH is 1. The van der Waals surface area contributed by atoms with Gasteiger partial charge in [0.1, 0.15) is 0 Å². The van der Waals surface area contributed by atoms with Crippen molar-refractivity contribution in [2.24, 2.45) is 5.92 Å². The van der Waals surface area contributed by atoms with Gasteiger partial charge in [-0.3, -0.25) is 9.69 Å². The first-order chi connectivity index (χ1) is 11.7. The number of nitrogens with zero attached hydrogens (tertiary/aromatic N) is 2. The molecule has 0 unspecified atom stereocenters. The van der Waals surface area contributed by atoms with E-state index in [1.165, 1.54) is 5.56 Å². The molecule has 1 N–H and O–H groups in total. The third kappa shape index (κ3) is 4.58. The number of amides is 1. The summed E-state index contributed by atoms with van der Waals surface area (Å²) in [4.78, 5) is 17.2. The molecule has 2 aliphatic rings. The zero-order chi connectivity index (χ0) is 16.9. The molecule has 0 heterocycles. The first-order valence-electron chi connectivity index (χ1n) is 9.32. The maximum absolute atomic E-state index is 12.8. The molecule has 0 aliphatic heterocycles. The second kappa shape index (κ2) is 8.13. The van der Waals surface area contributed by atoms with Crippen LogP contribution in [-0.4, -0.2) is 53.1 Å². The highest BCUT2D eigenvalue weighted by molar-refractivity contribution is 5.79. The summed E-state index contributed by atoms with van der Waals surface area (Å²) in [5, 5.41) is 9.27. The van der Waals surface area contributed by atoms with E-state index in [9.17, 15) is 9.90 Å². The molecule has 0 atom stereocenters. The van der Waals surface area contributed by atoms with E-state index in [0.717, 1.165) is 45.1 Å². The Morgan fingerprint density at radius 1 is 1.04 bits per heavy atom. The van der Waals surface area contributed by atoms with E-state index in [1.807, 2.05) is 18.2 Å². The van der Waals surface area contributed by atoms with E-state index < -0.39 is 0 Å². The average Bonchev–Trinajstić information content (AvgIpc) is 3.45. The van der Waals surface area contributed by atoms with Crippen LogP contribution in [0.3, 0.4) is 0 Å². The second-order valence-corrected chi connectivity index (χ2v) is 7.51. The van der Waals surface area contributed by atoms with Crippen molar-refractivity contribution in [1.29, 1.82) is 0 Å². The van der Waals surface area contributed by atoms with E-state index in [-0.39, 0.29) is 5.91 Å². The molecule has 4 nitrogen and oxygen atoms in total. The minimum Gasteiger partial charge on any atom is -0.396 e. The van der Waals surface area contributed by atoms with Gasteiger partial charge in [-0.1, -0.05) is 30.3 Å². The highest BCUT2D eigenvalue weighted by atomic mass is 16.3. The van der Waals surface area contributed by atoms with Crippen molar-refractivity contribution in [2.75, 3.05) is 20.2 Å². The lowest BCUT2D eigenvalue weighted by Crippen LogP contribution is -2.44. The lowest BCUT2D eigenvalue weighted by atomic mass is 9.86. The van der Waals surface area contributed by atoms with Crippen LogP contribution in [0.15, 0.2) is 30.3 Å². The molecule has 0 radical (unpaired) electrons. The molecule has 2 fully saturated rings. The maximum Gasteiger partial charge on any atom is 0.237 e. The zero-order valence-corrected chi connectivity index (χ0v) is 14.7. The Kier molecular flexibility index (Phi) is 5.90. The van der Waals surface area contributed by atoms with Crippen molar-refractivity contribution in [3.63, 3.8) is 0 Å². The molecule has 4 heteroatoms. The zero-order valence-electron chi connectivity index (χ0n) is 14.7. The third-order valence-corrected chi connectivity index (χ3v) is 5.59. The minimum atomic E-state index is 0.258. The molecule has 2 aliphatic carbocycles. The van der Waals surface area contributed by atoms with Gasteiger partial charge < -0.3 is 10.0 Å². The largest absolute Gasteiger partial charge is 0.396 e. The van der Waals surface area contributed by atoms with Crippen LogP contribution in [-0.2, 0) is 11.3 Å². The highest BCUT2D eigenvalue weighted by Crippen LogP contribution is 2.30. The van der Waals surface area contributed by atoms with E-state index in [4.69, 9.17) is 0 Å². The fourth-order valence-electron chi connectivity index (χ4n) is 3.79. The SMILES string of the molecule is CN(CC(=O)N(Cc1ccccc1)C1CC1)C1CCC(CO)CC1. The van der Waals surface area contributed by atoms with Crippen molar-refractivity contribution >= 4 is 5.91 Å². The lowest BCUT2D eigenvalue weighted by Gasteiger charge is -2.35. The normalized spacial score (nSPS) is 24.1. The van der Waals surface area contributed by atoms with Crippen molar-refractivity contribution in [3.05, 3.63) is 35.9 Å². The summed E-state index contributed by atoms with van der Waals surface area (Å²) in [6.45, 7) is 1.55. The molecule has 2 saturated carbocycles. The quantitative estimate of drug-likeness (QED) is 0.836. The van der Waals surface area contributed by atoms with E-state index in [1.54, 1.807) is 0 Å². The van der Waals surface area contributed by atoms with Gasteiger partial charge in [0.2, 0.25) is 5.91 Å². The third-order valence-electron chi connectivity index (χ3n) is 5.59. The molecule has 0 spiro atoms. The molecule has 0 bridgehead atoms. The Hall–Kier alpha value is -1.39. The molecule has 132 valence electrons. The molecule has 0 saturated heterocycles. The molecule has 24 heavy (non-hydrogen) atoms. The smallest absolute Gasteiger partial charge is 0.237 e. The Bertz CT molecular complexity index is 522. The van der Waals surface area contributed by atoms with Gasteiger partial charge in [-0.05, 0) is 57.1 Å². The van der Waals surface area contributed by atoms with E-state index in [2.05, 4.69) is 29.0 Å². The summed E-state index contributed by atoms with van der Waals surface area (Å²) in [5.41, 5.74) is 1.21. The predicted octanol–water partition coefficient (Wildman–Crippen LogP) is 2.66. The standard InChI is InChI=1S/C20H30N2O2/c1-21(18-9-7-17(15-23)8-10-18)14-20(24)22(19-11-12-19)13-16-5-3-2-4-6-16/h2-6,17-19,23H,7-15H2,1H3. The number of hydrogen-bond acceptors (Lipinski definition) is 3. The first kappa shape index (κ1) is 17.4. The van der Waals surface area contributed by atoms with Crippen LogP contribution in [0.1, 0.15) is 44.1 Å². The summed E-state index contributed by atoms with van der Waals surface area (Å²) in [7, 11) is 2.08. The number of carbonyl (C=O) groups excluding carboxylic acids is 1. The van der Waals surface area contributed by atoms with Gasteiger partial charge in [0, 0.05) is 25.2 Å². The average molecular weight is 330 g/mol. The van der Waals surface area contributed by atoms with Gasteiger partial charge in [-0.15, -0.1) is 0 Å². The summed E-state index contributed by atoms with van der Waals surface area (Å²) in [6, 6.07) is 11.2. The van der Waals surface area contributed by atoms with Crippen molar-refractivity contribution < 1.29 is 9.90 Å². The van der Waals surface area contributed by atoms with Crippen LogP contribution < -0.4 is 0 Å². The number of rotatable bonds is 7. The van der Waals surface area contributed by atoms with Crippen molar-refractivity contribution in [3.8, 4) is 0 Å². The Labute approximate surface area is 145 Å². The molecule has 1 amide bonds.